The normalized spacial score (nSPS) is 16.3. The Morgan fingerprint density at radius 1 is 1.26 bits per heavy atom. The molecule has 1 atom stereocenters. The van der Waals surface area contributed by atoms with Gasteiger partial charge in [0.2, 0.25) is 11.1 Å². The SMILES string of the molecule is CCc1nc(SC(C(=O)N2CCCCC2)c2ccccc2)n[nH]1. The molecule has 0 radical (unpaired) electrons. The van der Waals surface area contributed by atoms with Gasteiger partial charge in [-0.1, -0.05) is 49.0 Å². The van der Waals surface area contributed by atoms with E-state index in [0.29, 0.717) is 5.16 Å². The molecule has 23 heavy (non-hydrogen) atoms. The van der Waals surface area contributed by atoms with Crippen LogP contribution in [0.5, 0.6) is 0 Å². The van der Waals surface area contributed by atoms with Gasteiger partial charge in [-0.05, 0) is 24.8 Å². The molecule has 5 nitrogen and oxygen atoms in total. The third-order valence-electron chi connectivity index (χ3n) is 4.06. The van der Waals surface area contributed by atoms with Crippen LogP contribution in [0.15, 0.2) is 35.5 Å². The Morgan fingerprint density at radius 3 is 2.65 bits per heavy atom. The van der Waals surface area contributed by atoms with Gasteiger partial charge in [0.25, 0.3) is 0 Å². The van der Waals surface area contributed by atoms with Gasteiger partial charge in [0.1, 0.15) is 11.1 Å². The Labute approximate surface area is 140 Å². The van der Waals surface area contributed by atoms with E-state index in [2.05, 4.69) is 15.2 Å². The van der Waals surface area contributed by atoms with Crippen LogP contribution >= 0.6 is 11.8 Å². The fourth-order valence-corrected chi connectivity index (χ4v) is 3.78. The van der Waals surface area contributed by atoms with Gasteiger partial charge in [0.15, 0.2) is 0 Å². The summed E-state index contributed by atoms with van der Waals surface area (Å²) in [6.45, 7) is 3.75. The molecule has 2 aromatic rings. The summed E-state index contributed by atoms with van der Waals surface area (Å²) in [6, 6.07) is 9.93. The van der Waals surface area contributed by atoms with Crippen molar-refractivity contribution in [3.63, 3.8) is 0 Å². The van der Waals surface area contributed by atoms with Crippen LogP contribution < -0.4 is 0 Å². The maximum atomic E-state index is 13.0. The molecule has 0 spiro atoms. The summed E-state index contributed by atoms with van der Waals surface area (Å²) in [6.07, 6.45) is 4.22. The number of nitrogens with zero attached hydrogens (tertiary/aromatic N) is 3. The van der Waals surface area contributed by atoms with Crippen LogP contribution in [0.3, 0.4) is 0 Å². The highest BCUT2D eigenvalue weighted by Crippen LogP contribution is 2.35. The largest absolute Gasteiger partial charge is 0.341 e. The van der Waals surface area contributed by atoms with Crippen molar-refractivity contribution in [3.8, 4) is 0 Å². The van der Waals surface area contributed by atoms with E-state index in [0.717, 1.165) is 43.7 Å². The van der Waals surface area contributed by atoms with E-state index in [-0.39, 0.29) is 11.2 Å². The fraction of sp³-hybridized carbons (Fsp3) is 0.471. The topological polar surface area (TPSA) is 61.9 Å². The number of nitrogens with one attached hydrogen (secondary N) is 1. The maximum absolute atomic E-state index is 13.0. The lowest BCUT2D eigenvalue weighted by Crippen LogP contribution is -2.38. The molecule has 0 aliphatic carbocycles. The minimum absolute atomic E-state index is 0.170. The number of H-pyrrole nitrogens is 1. The molecule has 1 aliphatic heterocycles. The lowest BCUT2D eigenvalue weighted by molar-refractivity contribution is -0.131. The third kappa shape index (κ3) is 3.93. The molecule has 1 unspecified atom stereocenters. The van der Waals surface area contributed by atoms with Gasteiger partial charge < -0.3 is 4.90 Å². The van der Waals surface area contributed by atoms with E-state index in [1.807, 2.05) is 42.2 Å². The number of hydrogen-bond donors (Lipinski definition) is 1. The second-order valence-electron chi connectivity index (χ2n) is 5.71. The van der Waals surface area contributed by atoms with E-state index >= 15 is 0 Å². The molecular formula is C17H22N4OS. The van der Waals surface area contributed by atoms with Gasteiger partial charge in [-0.25, -0.2) is 4.98 Å². The summed E-state index contributed by atoms with van der Waals surface area (Å²) in [5.41, 5.74) is 1.01. The Kier molecular flexibility index (Phi) is 5.33. The molecule has 1 aromatic carbocycles. The third-order valence-corrected chi connectivity index (χ3v) is 5.17. The summed E-state index contributed by atoms with van der Waals surface area (Å²) >= 11 is 1.44. The summed E-state index contributed by atoms with van der Waals surface area (Å²) in [4.78, 5) is 19.5. The van der Waals surface area contributed by atoms with Crippen molar-refractivity contribution < 1.29 is 4.79 Å². The molecule has 1 aromatic heterocycles. The molecule has 122 valence electrons. The highest BCUT2D eigenvalue weighted by molar-refractivity contribution is 8.00. The molecule has 2 heterocycles. The number of thioether (sulfide) groups is 1. The number of likely N-dealkylation sites (tertiary alicyclic amines) is 1. The fourth-order valence-electron chi connectivity index (χ4n) is 2.76. The van der Waals surface area contributed by atoms with Crippen LogP contribution in [0, 0.1) is 0 Å². The first kappa shape index (κ1) is 16.1. The second kappa shape index (κ2) is 7.64. The van der Waals surface area contributed by atoms with Crippen LogP contribution in [0.1, 0.15) is 42.8 Å². The van der Waals surface area contributed by atoms with Gasteiger partial charge in [0, 0.05) is 19.5 Å². The molecule has 1 N–H and O–H groups in total. The number of carbonyl (C=O) groups is 1. The zero-order valence-electron chi connectivity index (χ0n) is 13.4. The second-order valence-corrected chi connectivity index (χ2v) is 6.79. The van der Waals surface area contributed by atoms with E-state index < -0.39 is 0 Å². The van der Waals surface area contributed by atoms with Crippen molar-refractivity contribution in [2.45, 2.75) is 43.0 Å². The molecule has 3 rings (SSSR count). The van der Waals surface area contributed by atoms with Crippen molar-refractivity contribution in [1.82, 2.24) is 20.1 Å². The Balaban J connectivity index is 1.82. The maximum Gasteiger partial charge on any atom is 0.240 e. The molecule has 0 saturated carbocycles. The number of benzene rings is 1. The monoisotopic (exact) mass is 330 g/mol. The zero-order valence-corrected chi connectivity index (χ0v) is 14.2. The molecule has 1 fully saturated rings. The summed E-state index contributed by atoms with van der Waals surface area (Å²) in [5.74, 6) is 1.02. The van der Waals surface area contributed by atoms with Crippen molar-refractivity contribution in [2.24, 2.45) is 0 Å². The number of hydrogen-bond acceptors (Lipinski definition) is 4. The lowest BCUT2D eigenvalue weighted by atomic mass is 10.1. The van der Waals surface area contributed by atoms with Gasteiger partial charge >= 0.3 is 0 Å². The van der Waals surface area contributed by atoms with Crippen LogP contribution in [0.4, 0.5) is 0 Å². The van der Waals surface area contributed by atoms with Gasteiger partial charge in [-0.3, -0.25) is 9.89 Å². The van der Waals surface area contributed by atoms with Crippen molar-refractivity contribution >= 4 is 17.7 Å². The van der Waals surface area contributed by atoms with E-state index in [1.165, 1.54) is 18.2 Å². The average molecular weight is 330 g/mol. The first-order valence-corrected chi connectivity index (χ1v) is 9.07. The molecule has 6 heteroatoms. The quantitative estimate of drug-likeness (QED) is 0.855. The molecule has 1 saturated heterocycles. The van der Waals surface area contributed by atoms with Crippen LogP contribution in [0.25, 0.3) is 0 Å². The van der Waals surface area contributed by atoms with Gasteiger partial charge in [0.05, 0.1) is 0 Å². The summed E-state index contributed by atoms with van der Waals surface area (Å²) in [7, 11) is 0. The number of carbonyl (C=O) groups excluding carboxylic acids is 1. The minimum atomic E-state index is -0.283. The van der Waals surface area contributed by atoms with Crippen molar-refractivity contribution in [3.05, 3.63) is 41.7 Å². The first-order chi connectivity index (χ1) is 11.3. The number of aromatic amines is 1. The van der Waals surface area contributed by atoms with Gasteiger partial charge in [-0.15, -0.1) is 5.10 Å². The molecule has 0 bridgehead atoms. The lowest BCUT2D eigenvalue weighted by Gasteiger charge is -2.30. The van der Waals surface area contributed by atoms with Crippen LogP contribution in [-0.4, -0.2) is 39.1 Å². The number of aryl methyl sites for hydroxylation is 1. The van der Waals surface area contributed by atoms with Crippen LogP contribution in [-0.2, 0) is 11.2 Å². The standard InChI is InChI=1S/C17H22N4OS/c1-2-14-18-17(20-19-14)23-15(13-9-5-3-6-10-13)16(22)21-11-7-4-8-12-21/h3,5-6,9-10,15H,2,4,7-8,11-12H2,1H3,(H,18,19,20). The minimum Gasteiger partial charge on any atom is -0.341 e. The molecular weight excluding hydrogens is 308 g/mol. The number of piperidine rings is 1. The zero-order chi connectivity index (χ0) is 16.1. The smallest absolute Gasteiger partial charge is 0.240 e. The van der Waals surface area contributed by atoms with E-state index in [1.54, 1.807) is 0 Å². The Bertz CT molecular complexity index is 637. The average Bonchev–Trinajstić information content (AvgIpc) is 3.08. The Hall–Kier alpha value is -1.82. The number of rotatable bonds is 5. The predicted octanol–water partition coefficient (Wildman–Crippen LogP) is 3.21. The van der Waals surface area contributed by atoms with Gasteiger partial charge in [-0.2, -0.15) is 0 Å². The highest BCUT2D eigenvalue weighted by Gasteiger charge is 2.29. The van der Waals surface area contributed by atoms with Crippen molar-refractivity contribution in [2.75, 3.05) is 13.1 Å². The first-order valence-electron chi connectivity index (χ1n) is 8.19. The van der Waals surface area contributed by atoms with Crippen molar-refractivity contribution in [1.29, 1.82) is 0 Å². The molecule has 1 aliphatic rings. The van der Waals surface area contributed by atoms with Crippen LogP contribution in [0.2, 0.25) is 0 Å². The summed E-state index contributed by atoms with van der Waals surface area (Å²) in [5, 5.41) is 7.52. The van der Waals surface area contributed by atoms with E-state index in [4.69, 9.17) is 0 Å². The molecule has 1 amide bonds. The Morgan fingerprint density at radius 2 is 2.00 bits per heavy atom. The predicted molar refractivity (Wildman–Crippen MR) is 91.2 cm³/mol. The number of aromatic nitrogens is 3. The highest BCUT2D eigenvalue weighted by atomic mass is 32.2. The number of amides is 1. The van der Waals surface area contributed by atoms with E-state index in [9.17, 15) is 4.79 Å². The summed E-state index contributed by atoms with van der Waals surface area (Å²) < 4.78 is 0.